The summed E-state index contributed by atoms with van der Waals surface area (Å²) in [7, 11) is 4.92. The first-order valence-corrected chi connectivity index (χ1v) is 8.89. The van der Waals surface area contributed by atoms with Crippen molar-refractivity contribution in [2.24, 2.45) is 0 Å². The quantitative estimate of drug-likeness (QED) is 0.859. The molecule has 0 spiro atoms. The molecule has 140 valence electrons. The van der Waals surface area contributed by atoms with Gasteiger partial charge in [0.05, 0.1) is 21.3 Å². The van der Waals surface area contributed by atoms with Gasteiger partial charge in [0.25, 0.3) is 0 Å². The zero-order chi connectivity index (χ0) is 18.7. The van der Waals surface area contributed by atoms with Crippen LogP contribution in [0, 0.1) is 0 Å². The van der Waals surface area contributed by atoms with Crippen molar-refractivity contribution >= 4 is 0 Å². The van der Waals surface area contributed by atoms with Gasteiger partial charge in [-0.2, -0.15) is 0 Å². The summed E-state index contributed by atoms with van der Waals surface area (Å²) in [6, 6.07) is 10.1. The fourth-order valence-corrected chi connectivity index (χ4v) is 3.60. The Morgan fingerprint density at radius 2 is 1.62 bits per heavy atom. The molecule has 0 unspecified atom stereocenters. The topological polar surface area (TPSA) is 51.2 Å². The average molecular weight is 357 g/mol. The summed E-state index contributed by atoms with van der Waals surface area (Å²) in [6.07, 6.45) is 1.90. The number of fused-ring (bicyclic) bond motifs is 1. The van der Waals surface area contributed by atoms with Crippen LogP contribution in [0.5, 0.6) is 23.0 Å². The van der Waals surface area contributed by atoms with E-state index in [9.17, 15) is 5.11 Å². The second-order valence-electron chi connectivity index (χ2n) is 6.76. The summed E-state index contributed by atoms with van der Waals surface area (Å²) in [5.41, 5.74) is 3.78. The van der Waals surface area contributed by atoms with Gasteiger partial charge in [0.1, 0.15) is 0 Å². The molecule has 5 nitrogen and oxygen atoms in total. The molecule has 1 atom stereocenters. The predicted molar refractivity (Wildman–Crippen MR) is 101 cm³/mol. The Labute approximate surface area is 155 Å². The van der Waals surface area contributed by atoms with Gasteiger partial charge in [0.2, 0.25) is 0 Å². The number of hydrogen-bond acceptors (Lipinski definition) is 5. The molecule has 0 fully saturated rings. The number of methoxy groups -OCH3 is 3. The molecule has 5 heteroatoms. The minimum absolute atomic E-state index is 0.178. The summed E-state index contributed by atoms with van der Waals surface area (Å²) >= 11 is 0. The van der Waals surface area contributed by atoms with Crippen molar-refractivity contribution in [1.29, 1.82) is 0 Å². The van der Waals surface area contributed by atoms with Crippen molar-refractivity contribution in [3.05, 3.63) is 47.0 Å². The van der Waals surface area contributed by atoms with E-state index in [1.54, 1.807) is 27.4 Å². The maximum atomic E-state index is 9.76. The highest BCUT2D eigenvalue weighted by Gasteiger charge is 2.23. The molecule has 0 saturated carbocycles. The van der Waals surface area contributed by atoms with E-state index in [0.717, 1.165) is 43.0 Å². The molecule has 0 amide bonds. The minimum Gasteiger partial charge on any atom is -0.504 e. The SMILES string of the molecule is COc1cc(C[C@H](C)N2CCc3cc(OC)c(OC)cc3C2)ccc1O. The second-order valence-corrected chi connectivity index (χ2v) is 6.76. The second kappa shape index (κ2) is 7.87. The third kappa shape index (κ3) is 3.73. The summed E-state index contributed by atoms with van der Waals surface area (Å²) in [5, 5.41) is 9.76. The van der Waals surface area contributed by atoms with Gasteiger partial charge in [-0.1, -0.05) is 6.07 Å². The van der Waals surface area contributed by atoms with Gasteiger partial charge in [-0.05, 0) is 60.7 Å². The molecule has 0 aliphatic carbocycles. The molecule has 26 heavy (non-hydrogen) atoms. The van der Waals surface area contributed by atoms with E-state index in [2.05, 4.69) is 24.0 Å². The smallest absolute Gasteiger partial charge is 0.161 e. The largest absolute Gasteiger partial charge is 0.504 e. The fourth-order valence-electron chi connectivity index (χ4n) is 3.60. The molecule has 1 aliphatic heterocycles. The molecule has 0 aromatic heterocycles. The summed E-state index contributed by atoms with van der Waals surface area (Å²) < 4.78 is 16.1. The Kier molecular flexibility index (Phi) is 5.57. The van der Waals surface area contributed by atoms with E-state index in [1.807, 2.05) is 12.1 Å². The number of phenolic OH excluding ortho intramolecular Hbond substituents is 1. The van der Waals surface area contributed by atoms with Crippen molar-refractivity contribution in [2.45, 2.75) is 32.4 Å². The number of phenols is 1. The van der Waals surface area contributed by atoms with E-state index in [0.29, 0.717) is 11.8 Å². The van der Waals surface area contributed by atoms with Crippen LogP contribution in [0.15, 0.2) is 30.3 Å². The first-order chi connectivity index (χ1) is 12.5. The number of nitrogens with zero attached hydrogens (tertiary/aromatic N) is 1. The lowest BCUT2D eigenvalue weighted by atomic mass is 9.96. The number of rotatable bonds is 6. The Balaban J connectivity index is 1.73. The van der Waals surface area contributed by atoms with Gasteiger partial charge < -0.3 is 19.3 Å². The van der Waals surface area contributed by atoms with Gasteiger partial charge >= 0.3 is 0 Å². The third-order valence-electron chi connectivity index (χ3n) is 5.15. The highest BCUT2D eigenvalue weighted by atomic mass is 16.5. The Morgan fingerprint density at radius 3 is 2.27 bits per heavy atom. The van der Waals surface area contributed by atoms with Gasteiger partial charge in [0, 0.05) is 19.1 Å². The van der Waals surface area contributed by atoms with Crippen LogP contribution >= 0.6 is 0 Å². The predicted octanol–water partition coefficient (Wildman–Crippen LogP) is 3.41. The molecule has 0 saturated heterocycles. The fraction of sp³-hybridized carbons (Fsp3) is 0.429. The molecule has 0 radical (unpaired) electrons. The molecule has 1 N–H and O–H groups in total. The number of benzene rings is 2. The van der Waals surface area contributed by atoms with Crippen LogP contribution < -0.4 is 14.2 Å². The van der Waals surface area contributed by atoms with E-state index >= 15 is 0 Å². The number of aromatic hydroxyl groups is 1. The van der Waals surface area contributed by atoms with Crippen LogP contribution in [0.25, 0.3) is 0 Å². The zero-order valence-electron chi connectivity index (χ0n) is 15.9. The summed E-state index contributed by atoms with van der Waals surface area (Å²) in [5.74, 6) is 2.28. The normalized spacial score (nSPS) is 15.2. The highest BCUT2D eigenvalue weighted by molar-refractivity contribution is 5.48. The Bertz CT molecular complexity index is 775. The standard InChI is InChI=1S/C21H27NO4/c1-14(9-15-5-6-18(23)19(10-15)24-2)22-8-7-16-11-20(25-3)21(26-4)12-17(16)13-22/h5-6,10-12,14,23H,7-9,13H2,1-4H3/t14-/m0/s1. The zero-order valence-corrected chi connectivity index (χ0v) is 15.9. The Morgan fingerprint density at radius 1 is 0.962 bits per heavy atom. The summed E-state index contributed by atoms with van der Waals surface area (Å²) in [4.78, 5) is 2.48. The van der Waals surface area contributed by atoms with Gasteiger partial charge in [-0.3, -0.25) is 4.90 Å². The molecular formula is C21H27NO4. The lowest BCUT2D eigenvalue weighted by molar-refractivity contribution is 0.189. The van der Waals surface area contributed by atoms with Crippen molar-refractivity contribution in [3.63, 3.8) is 0 Å². The molecule has 0 bridgehead atoms. The van der Waals surface area contributed by atoms with Crippen molar-refractivity contribution in [3.8, 4) is 23.0 Å². The van der Waals surface area contributed by atoms with Gasteiger partial charge in [-0.15, -0.1) is 0 Å². The Hall–Kier alpha value is -2.40. The molecule has 2 aromatic carbocycles. The first kappa shape index (κ1) is 18.4. The molecular weight excluding hydrogens is 330 g/mol. The van der Waals surface area contributed by atoms with Crippen LogP contribution in [-0.2, 0) is 19.4 Å². The summed E-state index contributed by atoms with van der Waals surface area (Å²) in [6.45, 7) is 4.15. The van der Waals surface area contributed by atoms with Gasteiger partial charge in [0.15, 0.2) is 23.0 Å². The minimum atomic E-state index is 0.178. The van der Waals surface area contributed by atoms with E-state index in [1.165, 1.54) is 11.1 Å². The number of ether oxygens (including phenoxy) is 3. The van der Waals surface area contributed by atoms with Crippen molar-refractivity contribution in [2.75, 3.05) is 27.9 Å². The average Bonchev–Trinajstić information content (AvgIpc) is 2.67. The van der Waals surface area contributed by atoms with Crippen LogP contribution in [-0.4, -0.2) is 43.9 Å². The lowest BCUT2D eigenvalue weighted by Gasteiger charge is -2.34. The lowest BCUT2D eigenvalue weighted by Crippen LogP contribution is -2.38. The van der Waals surface area contributed by atoms with E-state index in [-0.39, 0.29) is 5.75 Å². The molecule has 1 aliphatic rings. The first-order valence-electron chi connectivity index (χ1n) is 8.89. The van der Waals surface area contributed by atoms with Crippen LogP contribution in [0.1, 0.15) is 23.6 Å². The van der Waals surface area contributed by atoms with Crippen molar-refractivity contribution < 1.29 is 19.3 Å². The maximum Gasteiger partial charge on any atom is 0.161 e. The molecule has 1 heterocycles. The number of hydrogen-bond donors (Lipinski definition) is 1. The van der Waals surface area contributed by atoms with Crippen LogP contribution in [0.2, 0.25) is 0 Å². The monoisotopic (exact) mass is 357 g/mol. The van der Waals surface area contributed by atoms with Crippen LogP contribution in [0.4, 0.5) is 0 Å². The third-order valence-corrected chi connectivity index (χ3v) is 5.15. The van der Waals surface area contributed by atoms with Gasteiger partial charge in [-0.25, -0.2) is 0 Å². The van der Waals surface area contributed by atoms with Crippen molar-refractivity contribution in [1.82, 2.24) is 4.90 Å². The van der Waals surface area contributed by atoms with Crippen LogP contribution in [0.3, 0.4) is 0 Å². The van der Waals surface area contributed by atoms with E-state index in [4.69, 9.17) is 14.2 Å². The molecule has 3 rings (SSSR count). The van der Waals surface area contributed by atoms with E-state index < -0.39 is 0 Å². The highest BCUT2D eigenvalue weighted by Crippen LogP contribution is 2.34. The maximum absolute atomic E-state index is 9.76. The molecule has 2 aromatic rings.